The van der Waals surface area contributed by atoms with Gasteiger partial charge >= 0.3 is 6.03 Å². The zero-order valence-electron chi connectivity index (χ0n) is 15.4. The van der Waals surface area contributed by atoms with Gasteiger partial charge in [0.15, 0.2) is 5.82 Å². The minimum Gasteiger partial charge on any atom is -0.382 e. The van der Waals surface area contributed by atoms with E-state index in [2.05, 4.69) is 20.6 Å². The summed E-state index contributed by atoms with van der Waals surface area (Å²) in [5.74, 6) is 0.207. The van der Waals surface area contributed by atoms with Crippen molar-refractivity contribution in [3.63, 3.8) is 0 Å². The minimum atomic E-state index is -0.324. The van der Waals surface area contributed by atoms with Gasteiger partial charge in [0.05, 0.1) is 11.4 Å². The standard InChI is InChI=1S/C21H20FN5O/c1-14-13-23-10-8-17(14)26-21(28)27-11-3-9-24-19-7-6-18(25-20(19)27)15-4-2-5-16(22)12-15/h2,4-8,10,12-13,24H,3,9,11H2,1H3,(H,23,26,28). The number of nitrogens with one attached hydrogen (secondary N) is 2. The first kappa shape index (κ1) is 17.9. The average molecular weight is 377 g/mol. The Hall–Kier alpha value is -3.48. The maximum Gasteiger partial charge on any atom is 0.327 e. The summed E-state index contributed by atoms with van der Waals surface area (Å²) in [5, 5.41) is 6.24. The van der Waals surface area contributed by atoms with E-state index in [4.69, 9.17) is 0 Å². The van der Waals surface area contributed by atoms with E-state index >= 15 is 0 Å². The largest absolute Gasteiger partial charge is 0.382 e. The summed E-state index contributed by atoms with van der Waals surface area (Å²) in [6.07, 6.45) is 4.13. The second-order valence-corrected chi connectivity index (χ2v) is 6.63. The molecule has 0 saturated heterocycles. The van der Waals surface area contributed by atoms with Crippen molar-refractivity contribution >= 4 is 23.2 Å². The molecule has 0 fully saturated rings. The summed E-state index contributed by atoms with van der Waals surface area (Å²) in [6.45, 7) is 3.16. The van der Waals surface area contributed by atoms with Gasteiger partial charge in [-0.2, -0.15) is 0 Å². The number of urea groups is 1. The highest BCUT2D eigenvalue weighted by Gasteiger charge is 2.23. The Bertz CT molecular complexity index is 1020. The van der Waals surface area contributed by atoms with Crippen molar-refractivity contribution in [3.05, 3.63) is 66.2 Å². The zero-order valence-corrected chi connectivity index (χ0v) is 15.4. The summed E-state index contributed by atoms with van der Waals surface area (Å²) >= 11 is 0. The fourth-order valence-corrected chi connectivity index (χ4v) is 3.16. The van der Waals surface area contributed by atoms with Crippen LogP contribution in [0, 0.1) is 12.7 Å². The number of aryl methyl sites for hydroxylation is 1. The third kappa shape index (κ3) is 3.64. The van der Waals surface area contributed by atoms with Crippen LogP contribution in [0.4, 0.5) is 26.4 Å². The smallest absolute Gasteiger partial charge is 0.327 e. The zero-order chi connectivity index (χ0) is 19.5. The predicted octanol–water partition coefficient (Wildman–Crippen LogP) is 4.45. The predicted molar refractivity (Wildman–Crippen MR) is 108 cm³/mol. The maximum absolute atomic E-state index is 13.6. The third-order valence-corrected chi connectivity index (χ3v) is 4.63. The van der Waals surface area contributed by atoms with Crippen LogP contribution in [0.15, 0.2) is 54.9 Å². The summed E-state index contributed by atoms with van der Waals surface area (Å²) < 4.78 is 13.6. The Labute approximate surface area is 162 Å². The van der Waals surface area contributed by atoms with Crippen LogP contribution >= 0.6 is 0 Å². The summed E-state index contributed by atoms with van der Waals surface area (Å²) in [6, 6.07) is 11.5. The molecule has 2 amide bonds. The van der Waals surface area contributed by atoms with E-state index in [1.54, 1.807) is 35.5 Å². The van der Waals surface area contributed by atoms with E-state index in [0.29, 0.717) is 29.3 Å². The second kappa shape index (κ2) is 7.64. The molecule has 2 N–H and O–H groups in total. The van der Waals surface area contributed by atoms with Crippen LogP contribution in [0.5, 0.6) is 0 Å². The highest BCUT2D eigenvalue weighted by atomic mass is 19.1. The molecule has 6 nitrogen and oxygen atoms in total. The molecule has 0 unspecified atom stereocenters. The van der Waals surface area contributed by atoms with Crippen molar-refractivity contribution in [2.24, 2.45) is 0 Å². The van der Waals surface area contributed by atoms with E-state index < -0.39 is 0 Å². The number of nitrogens with zero attached hydrogens (tertiary/aromatic N) is 3. The molecule has 0 saturated carbocycles. The molecule has 2 aromatic heterocycles. The summed E-state index contributed by atoms with van der Waals surface area (Å²) in [5.41, 5.74) is 3.64. The summed E-state index contributed by atoms with van der Waals surface area (Å²) in [7, 11) is 0. The lowest BCUT2D eigenvalue weighted by molar-refractivity contribution is 0.257. The fraction of sp³-hybridized carbons (Fsp3) is 0.190. The lowest BCUT2D eigenvalue weighted by Gasteiger charge is -2.23. The second-order valence-electron chi connectivity index (χ2n) is 6.63. The molecule has 0 atom stereocenters. The van der Waals surface area contributed by atoms with Crippen molar-refractivity contribution in [2.45, 2.75) is 13.3 Å². The highest BCUT2D eigenvalue weighted by molar-refractivity contribution is 6.03. The topological polar surface area (TPSA) is 70.2 Å². The molecule has 1 aliphatic rings. The first-order valence-electron chi connectivity index (χ1n) is 9.12. The Kier molecular flexibility index (Phi) is 4.89. The number of anilines is 3. The molecule has 0 bridgehead atoms. The Morgan fingerprint density at radius 1 is 1.25 bits per heavy atom. The van der Waals surface area contributed by atoms with E-state index in [-0.39, 0.29) is 11.8 Å². The van der Waals surface area contributed by atoms with Crippen molar-refractivity contribution in [2.75, 3.05) is 28.6 Å². The quantitative estimate of drug-likeness (QED) is 0.692. The van der Waals surface area contributed by atoms with E-state index in [9.17, 15) is 9.18 Å². The molecule has 3 aromatic rings. The van der Waals surface area contributed by atoms with Gasteiger partial charge in [-0.15, -0.1) is 0 Å². The van der Waals surface area contributed by atoms with Gasteiger partial charge in [-0.3, -0.25) is 9.88 Å². The molecule has 0 aliphatic carbocycles. The van der Waals surface area contributed by atoms with Crippen LogP contribution in [0.2, 0.25) is 0 Å². The maximum atomic E-state index is 13.6. The highest BCUT2D eigenvalue weighted by Crippen LogP contribution is 2.31. The molecule has 1 aliphatic heterocycles. The van der Waals surface area contributed by atoms with E-state index in [0.717, 1.165) is 24.2 Å². The van der Waals surface area contributed by atoms with Crippen molar-refractivity contribution in [3.8, 4) is 11.3 Å². The molecule has 28 heavy (non-hydrogen) atoms. The number of hydrogen-bond acceptors (Lipinski definition) is 4. The first-order chi connectivity index (χ1) is 13.6. The van der Waals surface area contributed by atoms with Crippen LogP contribution in [-0.4, -0.2) is 29.1 Å². The molecular formula is C21H20FN5O. The van der Waals surface area contributed by atoms with Crippen LogP contribution in [0.3, 0.4) is 0 Å². The molecule has 142 valence electrons. The van der Waals surface area contributed by atoms with Crippen LogP contribution in [-0.2, 0) is 0 Å². The molecular weight excluding hydrogens is 357 g/mol. The number of fused-ring (bicyclic) bond motifs is 1. The molecule has 7 heteroatoms. The van der Waals surface area contributed by atoms with E-state index in [1.165, 1.54) is 12.1 Å². The van der Waals surface area contributed by atoms with Gasteiger partial charge in [0.2, 0.25) is 0 Å². The van der Waals surface area contributed by atoms with Gasteiger partial charge in [-0.1, -0.05) is 12.1 Å². The lowest BCUT2D eigenvalue weighted by atomic mass is 10.1. The number of amides is 2. The monoisotopic (exact) mass is 377 g/mol. The van der Waals surface area contributed by atoms with Gasteiger partial charge in [0, 0.05) is 36.7 Å². The number of aromatic nitrogens is 2. The Morgan fingerprint density at radius 3 is 2.96 bits per heavy atom. The number of carbonyl (C=O) groups is 1. The van der Waals surface area contributed by atoms with Crippen LogP contribution < -0.4 is 15.5 Å². The van der Waals surface area contributed by atoms with Gasteiger partial charge < -0.3 is 10.6 Å². The van der Waals surface area contributed by atoms with Crippen molar-refractivity contribution in [1.82, 2.24) is 9.97 Å². The molecule has 3 heterocycles. The number of rotatable bonds is 2. The number of carbonyl (C=O) groups excluding carboxylic acids is 1. The van der Waals surface area contributed by atoms with Gasteiger partial charge in [0.25, 0.3) is 0 Å². The van der Waals surface area contributed by atoms with E-state index in [1.807, 2.05) is 19.1 Å². The lowest BCUT2D eigenvalue weighted by Crippen LogP contribution is -2.36. The average Bonchev–Trinajstić information content (AvgIpc) is 2.91. The molecule has 1 aromatic carbocycles. The van der Waals surface area contributed by atoms with Crippen LogP contribution in [0.25, 0.3) is 11.3 Å². The van der Waals surface area contributed by atoms with Crippen molar-refractivity contribution < 1.29 is 9.18 Å². The normalized spacial score (nSPS) is 13.3. The number of halogens is 1. The minimum absolute atomic E-state index is 0.261. The Morgan fingerprint density at radius 2 is 2.14 bits per heavy atom. The first-order valence-corrected chi connectivity index (χ1v) is 9.12. The van der Waals surface area contributed by atoms with Crippen molar-refractivity contribution in [1.29, 1.82) is 0 Å². The van der Waals surface area contributed by atoms with Crippen LogP contribution in [0.1, 0.15) is 12.0 Å². The molecule has 4 rings (SSSR count). The molecule has 0 spiro atoms. The Balaban J connectivity index is 1.69. The third-order valence-electron chi connectivity index (χ3n) is 4.63. The number of hydrogen-bond donors (Lipinski definition) is 2. The van der Waals surface area contributed by atoms with Gasteiger partial charge in [-0.25, -0.2) is 14.2 Å². The SMILES string of the molecule is Cc1cnccc1NC(=O)N1CCCNc2ccc(-c3cccc(F)c3)nc21. The number of pyridine rings is 2. The fourth-order valence-electron chi connectivity index (χ4n) is 3.16. The summed E-state index contributed by atoms with van der Waals surface area (Å²) in [4.78, 5) is 23.4. The van der Waals surface area contributed by atoms with Gasteiger partial charge in [-0.05, 0) is 49.2 Å². The molecule has 0 radical (unpaired) electrons. The number of benzene rings is 1. The van der Waals surface area contributed by atoms with Gasteiger partial charge in [0.1, 0.15) is 5.82 Å².